The van der Waals surface area contributed by atoms with Gasteiger partial charge in [0, 0.05) is 12.0 Å². The third kappa shape index (κ3) is 3.85. The number of esters is 1. The van der Waals surface area contributed by atoms with Crippen molar-refractivity contribution in [1.82, 2.24) is 0 Å². The lowest BCUT2D eigenvalue weighted by molar-refractivity contribution is 0.0734. The molecule has 0 amide bonds. The van der Waals surface area contributed by atoms with Crippen molar-refractivity contribution in [3.8, 4) is 11.5 Å². The minimum absolute atomic E-state index is 0.0579. The Balaban J connectivity index is 2.11. The summed E-state index contributed by atoms with van der Waals surface area (Å²) >= 11 is 2.10. The molecule has 0 spiro atoms. The van der Waals surface area contributed by atoms with Gasteiger partial charge in [0.25, 0.3) is 0 Å². The molecule has 0 bridgehead atoms. The van der Waals surface area contributed by atoms with E-state index in [9.17, 15) is 9.59 Å². The molecule has 22 heavy (non-hydrogen) atoms. The fourth-order valence-corrected chi connectivity index (χ4v) is 2.61. The molecule has 0 radical (unpaired) electrons. The van der Waals surface area contributed by atoms with Gasteiger partial charge in [-0.25, -0.2) is 4.79 Å². The van der Waals surface area contributed by atoms with Gasteiger partial charge in [0.15, 0.2) is 5.78 Å². The molecule has 0 aliphatic rings. The minimum Gasteiger partial charge on any atom is -0.496 e. The van der Waals surface area contributed by atoms with E-state index < -0.39 is 5.97 Å². The van der Waals surface area contributed by atoms with Crippen LogP contribution in [0.5, 0.6) is 11.5 Å². The molecule has 4 nitrogen and oxygen atoms in total. The first-order valence-corrected chi connectivity index (χ1v) is 7.82. The fourth-order valence-electron chi connectivity index (χ4n) is 1.87. The van der Waals surface area contributed by atoms with E-state index in [4.69, 9.17) is 9.47 Å². The predicted octanol–water partition coefficient (Wildman–Crippen LogP) is 4.11. The zero-order chi connectivity index (χ0) is 16.1. The monoisotopic (exact) mass is 410 g/mol. The van der Waals surface area contributed by atoms with Crippen molar-refractivity contribution in [2.45, 2.75) is 13.3 Å². The number of benzene rings is 2. The van der Waals surface area contributed by atoms with E-state index in [0.717, 1.165) is 3.57 Å². The fraction of sp³-hybridized carbons (Fsp3) is 0.176. The maximum Gasteiger partial charge on any atom is 0.343 e. The van der Waals surface area contributed by atoms with E-state index in [2.05, 4.69) is 22.6 Å². The quantitative estimate of drug-likeness (QED) is 0.322. The van der Waals surface area contributed by atoms with Crippen molar-refractivity contribution >= 4 is 34.3 Å². The van der Waals surface area contributed by atoms with Crippen LogP contribution < -0.4 is 9.47 Å². The first-order chi connectivity index (χ1) is 10.5. The first-order valence-electron chi connectivity index (χ1n) is 6.74. The highest BCUT2D eigenvalue weighted by atomic mass is 127. The molecule has 0 atom stereocenters. The molecule has 0 aromatic heterocycles. The summed E-state index contributed by atoms with van der Waals surface area (Å²) in [6, 6.07) is 11.6. The molecule has 0 saturated heterocycles. The Bertz CT molecular complexity index is 692. The second kappa shape index (κ2) is 7.40. The molecular formula is C17H15IO4. The summed E-state index contributed by atoms with van der Waals surface area (Å²) in [5, 5.41) is 0. The van der Waals surface area contributed by atoms with Gasteiger partial charge in [-0.3, -0.25) is 4.79 Å². The largest absolute Gasteiger partial charge is 0.496 e. The van der Waals surface area contributed by atoms with Crippen LogP contribution in [-0.2, 0) is 0 Å². The number of carbonyl (C=O) groups is 2. The van der Waals surface area contributed by atoms with Crippen LogP contribution >= 0.6 is 22.6 Å². The standard InChI is InChI=1S/C17H15IO4/c1-3-15(19)11-4-7-13(8-5-11)22-17(20)12-6-9-16(21-2)14(18)10-12/h4-10H,3H2,1-2H3. The number of hydrogen-bond donors (Lipinski definition) is 0. The molecule has 0 N–H and O–H groups in total. The molecule has 114 valence electrons. The van der Waals surface area contributed by atoms with Gasteiger partial charge in [-0.1, -0.05) is 6.92 Å². The number of rotatable bonds is 5. The lowest BCUT2D eigenvalue weighted by Crippen LogP contribution is -2.09. The van der Waals surface area contributed by atoms with E-state index in [0.29, 0.717) is 29.0 Å². The van der Waals surface area contributed by atoms with Gasteiger partial charge in [-0.2, -0.15) is 0 Å². The van der Waals surface area contributed by atoms with E-state index in [1.54, 1.807) is 49.6 Å². The SMILES string of the molecule is CCC(=O)c1ccc(OC(=O)c2ccc(OC)c(I)c2)cc1. The summed E-state index contributed by atoms with van der Waals surface area (Å²) < 4.78 is 11.3. The maximum atomic E-state index is 12.1. The van der Waals surface area contributed by atoms with Crippen LogP contribution in [0.25, 0.3) is 0 Å². The average Bonchev–Trinajstić information content (AvgIpc) is 2.54. The summed E-state index contributed by atoms with van der Waals surface area (Å²) in [6.07, 6.45) is 0.448. The maximum absolute atomic E-state index is 12.1. The van der Waals surface area contributed by atoms with Crippen LogP contribution in [0.1, 0.15) is 34.1 Å². The number of ether oxygens (including phenoxy) is 2. The van der Waals surface area contributed by atoms with Gasteiger partial charge in [0.1, 0.15) is 11.5 Å². The highest BCUT2D eigenvalue weighted by molar-refractivity contribution is 14.1. The predicted molar refractivity (Wildman–Crippen MR) is 91.7 cm³/mol. The van der Waals surface area contributed by atoms with E-state index in [1.165, 1.54) is 0 Å². The summed E-state index contributed by atoms with van der Waals surface area (Å²) in [7, 11) is 1.58. The van der Waals surface area contributed by atoms with Gasteiger partial charge in [-0.15, -0.1) is 0 Å². The number of methoxy groups -OCH3 is 1. The second-order valence-electron chi connectivity index (χ2n) is 4.54. The zero-order valence-corrected chi connectivity index (χ0v) is 14.4. The third-order valence-electron chi connectivity index (χ3n) is 3.10. The Labute approximate surface area is 142 Å². The molecule has 2 aromatic carbocycles. The summed E-state index contributed by atoms with van der Waals surface area (Å²) in [4.78, 5) is 23.7. The molecule has 0 saturated carbocycles. The van der Waals surface area contributed by atoms with E-state index >= 15 is 0 Å². The Morgan fingerprint density at radius 2 is 1.68 bits per heavy atom. The number of hydrogen-bond acceptors (Lipinski definition) is 4. The molecular weight excluding hydrogens is 395 g/mol. The van der Waals surface area contributed by atoms with Crippen molar-refractivity contribution in [1.29, 1.82) is 0 Å². The normalized spacial score (nSPS) is 10.1. The Morgan fingerprint density at radius 3 is 2.23 bits per heavy atom. The van der Waals surface area contributed by atoms with Crippen molar-refractivity contribution in [3.63, 3.8) is 0 Å². The van der Waals surface area contributed by atoms with Crippen LogP contribution in [-0.4, -0.2) is 18.9 Å². The lowest BCUT2D eigenvalue weighted by Gasteiger charge is -2.07. The van der Waals surface area contributed by atoms with Gasteiger partial charge in [0.05, 0.1) is 16.2 Å². The van der Waals surface area contributed by atoms with Crippen molar-refractivity contribution in [2.75, 3.05) is 7.11 Å². The Kier molecular flexibility index (Phi) is 5.54. The molecule has 2 aromatic rings. The first kappa shape index (κ1) is 16.5. The third-order valence-corrected chi connectivity index (χ3v) is 3.94. The Hall–Kier alpha value is -1.89. The summed E-state index contributed by atoms with van der Waals surface area (Å²) in [5.74, 6) is 0.723. The van der Waals surface area contributed by atoms with Crippen LogP contribution in [0.2, 0.25) is 0 Å². The molecule has 0 aliphatic carbocycles. The van der Waals surface area contributed by atoms with Gasteiger partial charge in [0.2, 0.25) is 0 Å². The highest BCUT2D eigenvalue weighted by Crippen LogP contribution is 2.22. The topological polar surface area (TPSA) is 52.6 Å². The van der Waals surface area contributed by atoms with Gasteiger partial charge >= 0.3 is 5.97 Å². The molecule has 2 rings (SSSR count). The van der Waals surface area contributed by atoms with E-state index in [-0.39, 0.29) is 5.78 Å². The van der Waals surface area contributed by atoms with Crippen LogP contribution in [0.4, 0.5) is 0 Å². The number of carbonyl (C=O) groups excluding carboxylic acids is 2. The molecule has 0 heterocycles. The van der Waals surface area contributed by atoms with Gasteiger partial charge in [-0.05, 0) is 65.1 Å². The molecule has 0 unspecified atom stereocenters. The smallest absolute Gasteiger partial charge is 0.343 e. The van der Waals surface area contributed by atoms with Crippen molar-refractivity contribution in [2.24, 2.45) is 0 Å². The summed E-state index contributed by atoms with van der Waals surface area (Å²) in [6.45, 7) is 1.81. The average molecular weight is 410 g/mol. The van der Waals surface area contributed by atoms with Crippen LogP contribution in [0.15, 0.2) is 42.5 Å². The van der Waals surface area contributed by atoms with Gasteiger partial charge < -0.3 is 9.47 Å². The zero-order valence-electron chi connectivity index (χ0n) is 12.3. The molecule has 5 heteroatoms. The number of halogens is 1. The summed E-state index contributed by atoms with van der Waals surface area (Å²) in [5.41, 5.74) is 1.06. The lowest BCUT2D eigenvalue weighted by atomic mass is 10.1. The van der Waals surface area contributed by atoms with Crippen molar-refractivity contribution in [3.05, 3.63) is 57.2 Å². The van der Waals surface area contributed by atoms with E-state index in [1.807, 2.05) is 6.92 Å². The minimum atomic E-state index is -0.449. The van der Waals surface area contributed by atoms with Crippen LogP contribution in [0.3, 0.4) is 0 Å². The Morgan fingerprint density at radius 1 is 1.05 bits per heavy atom. The number of Topliss-reactive ketones (excluding diaryl/α,β-unsaturated/α-hetero) is 1. The second-order valence-corrected chi connectivity index (χ2v) is 5.70. The highest BCUT2D eigenvalue weighted by Gasteiger charge is 2.12. The number of ketones is 1. The van der Waals surface area contributed by atoms with Crippen molar-refractivity contribution < 1.29 is 19.1 Å². The molecule has 0 fully saturated rings. The molecule has 0 aliphatic heterocycles. The van der Waals surface area contributed by atoms with Crippen LogP contribution in [0, 0.1) is 3.57 Å².